The highest BCUT2D eigenvalue weighted by atomic mass is 35.5. The maximum Gasteiger partial charge on any atom is 0.261 e. The van der Waals surface area contributed by atoms with Crippen molar-refractivity contribution in [3.8, 4) is 0 Å². The molecule has 0 fully saturated rings. The second kappa shape index (κ2) is 8.73. The zero-order valence-corrected chi connectivity index (χ0v) is 17.8. The van der Waals surface area contributed by atoms with Gasteiger partial charge in [0.1, 0.15) is 5.82 Å². The Kier molecular flexibility index (Phi) is 6.28. The van der Waals surface area contributed by atoms with Crippen molar-refractivity contribution in [2.75, 3.05) is 29.0 Å². The molecule has 0 aliphatic carbocycles. The lowest BCUT2D eigenvalue weighted by atomic mass is 10.2. The van der Waals surface area contributed by atoms with Gasteiger partial charge in [-0.1, -0.05) is 23.7 Å². The molecule has 156 valence electrons. The van der Waals surface area contributed by atoms with Crippen molar-refractivity contribution < 1.29 is 17.6 Å². The molecule has 6 nitrogen and oxygen atoms in total. The molecule has 2 N–H and O–H groups in total. The van der Waals surface area contributed by atoms with Crippen LogP contribution in [0, 0.1) is 5.82 Å². The number of carbonyl (C=O) groups is 1. The van der Waals surface area contributed by atoms with Crippen LogP contribution in [-0.2, 0) is 10.0 Å². The first-order valence-corrected chi connectivity index (χ1v) is 10.7. The van der Waals surface area contributed by atoms with Gasteiger partial charge >= 0.3 is 0 Å². The Hall–Kier alpha value is -3.10. The van der Waals surface area contributed by atoms with Crippen LogP contribution in [0.15, 0.2) is 71.6 Å². The van der Waals surface area contributed by atoms with Crippen LogP contribution in [-0.4, -0.2) is 28.4 Å². The number of para-hydroxylation sites is 1. The van der Waals surface area contributed by atoms with Gasteiger partial charge in [-0.25, -0.2) is 12.8 Å². The molecule has 0 saturated heterocycles. The van der Waals surface area contributed by atoms with E-state index in [9.17, 15) is 17.6 Å². The molecule has 1 amide bonds. The number of sulfonamides is 1. The summed E-state index contributed by atoms with van der Waals surface area (Å²) in [6.45, 7) is 0. The zero-order chi connectivity index (χ0) is 21.9. The predicted molar refractivity (Wildman–Crippen MR) is 117 cm³/mol. The van der Waals surface area contributed by atoms with E-state index in [2.05, 4.69) is 10.0 Å². The Morgan fingerprint density at radius 3 is 2.27 bits per heavy atom. The molecule has 3 rings (SSSR count). The quantitative estimate of drug-likeness (QED) is 0.579. The van der Waals surface area contributed by atoms with E-state index in [0.29, 0.717) is 10.7 Å². The molecular weight excluding hydrogens is 429 g/mol. The van der Waals surface area contributed by atoms with Gasteiger partial charge < -0.3 is 10.2 Å². The van der Waals surface area contributed by atoms with Crippen LogP contribution < -0.4 is 14.9 Å². The number of hydrogen-bond donors (Lipinski definition) is 2. The molecule has 0 aromatic heterocycles. The molecular formula is C21H19ClFN3O3S. The Labute approximate surface area is 179 Å². The van der Waals surface area contributed by atoms with Crippen molar-refractivity contribution in [3.05, 3.63) is 83.1 Å². The first kappa shape index (κ1) is 21.6. The standard InChI is InChI=1S/C21H19ClFN3O3S/c1-26(2)20-12-9-15(22)13-19(20)24-21(27)14-7-10-16(11-8-14)30(28,29)25-18-6-4-3-5-17(18)23/h3-13,25H,1-2H3,(H,24,27). The molecule has 0 unspecified atom stereocenters. The second-order valence-corrected chi connectivity index (χ2v) is 8.74. The van der Waals surface area contributed by atoms with Crippen LogP contribution in [0.1, 0.15) is 10.4 Å². The summed E-state index contributed by atoms with van der Waals surface area (Å²) >= 11 is 6.03. The highest BCUT2D eigenvalue weighted by molar-refractivity contribution is 7.92. The van der Waals surface area contributed by atoms with Crippen molar-refractivity contribution in [2.24, 2.45) is 0 Å². The first-order chi connectivity index (χ1) is 14.2. The monoisotopic (exact) mass is 447 g/mol. The Bertz CT molecular complexity index is 1180. The zero-order valence-electron chi connectivity index (χ0n) is 16.2. The Morgan fingerprint density at radius 2 is 1.63 bits per heavy atom. The molecule has 0 atom stereocenters. The van der Waals surface area contributed by atoms with Crippen molar-refractivity contribution in [1.82, 2.24) is 0 Å². The lowest BCUT2D eigenvalue weighted by Gasteiger charge is -2.18. The summed E-state index contributed by atoms with van der Waals surface area (Å²) in [5, 5.41) is 3.24. The van der Waals surface area contributed by atoms with Crippen molar-refractivity contribution in [3.63, 3.8) is 0 Å². The van der Waals surface area contributed by atoms with Gasteiger partial charge in [-0.2, -0.15) is 0 Å². The fourth-order valence-electron chi connectivity index (χ4n) is 2.73. The Morgan fingerprint density at radius 1 is 0.967 bits per heavy atom. The molecule has 3 aromatic carbocycles. The topological polar surface area (TPSA) is 78.5 Å². The van der Waals surface area contributed by atoms with Gasteiger partial charge in [-0.05, 0) is 54.6 Å². The molecule has 0 aliphatic heterocycles. The molecule has 3 aromatic rings. The normalized spacial score (nSPS) is 11.1. The van der Waals surface area contributed by atoms with Gasteiger partial charge in [-0.15, -0.1) is 0 Å². The van der Waals surface area contributed by atoms with Gasteiger partial charge in [0.25, 0.3) is 15.9 Å². The number of amides is 1. The fourth-order valence-corrected chi connectivity index (χ4v) is 3.97. The summed E-state index contributed by atoms with van der Waals surface area (Å²) in [6, 6.07) is 15.9. The molecule has 0 heterocycles. The van der Waals surface area contributed by atoms with Crippen LogP contribution in [0.4, 0.5) is 21.5 Å². The number of nitrogens with zero attached hydrogens (tertiary/aromatic N) is 1. The summed E-state index contributed by atoms with van der Waals surface area (Å²) in [5.74, 6) is -1.11. The molecule has 0 bridgehead atoms. The number of nitrogens with one attached hydrogen (secondary N) is 2. The van der Waals surface area contributed by atoms with E-state index in [0.717, 1.165) is 11.8 Å². The minimum atomic E-state index is -4.01. The van der Waals surface area contributed by atoms with E-state index < -0.39 is 21.7 Å². The third-order valence-corrected chi connectivity index (χ3v) is 5.85. The van der Waals surface area contributed by atoms with E-state index in [4.69, 9.17) is 11.6 Å². The van der Waals surface area contributed by atoms with Crippen LogP contribution in [0.25, 0.3) is 0 Å². The highest BCUT2D eigenvalue weighted by Crippen LogP contribution is 2.28. The highest BCUT2D eigenvalue weighted by Gasteiger charge is 2.17. The van der Waals surface area contributed by atoms with Crippen molar-refractivity contribution >= 4 is 44.6 Å². The summed E-state index contributed by atoms with van der Waals surface area (Å²) < 4.78 is 40.9. The maximum atomic E-state index is 13.7. The van der Waals surface area contributed by atoms with Crippen LogP contribution >= 0.6 is 11.6 Å². The SMILES string of the molecule is CN(C)c1ccc(Cl)cc1NC(=O)c1ccc(S(=O)(=O)Nc2ccccc2F)cc1. The maximum absolute atomic E-state index is 13.7. The number of anilines is 3. The van der Waals surface area contributed by atoms with E-state index in [1.54, 1.807) is 18.2 Å². The number of benzene rings is 3. The van der Waals surface area contributed by atoms with E-state index in [1.165, 1.54) is 42.5 Å². The molecule has 9 heteroatoms. The minimum absolute atomic E-state index is 0.0981. The lowest BCUT2D eigenvalue weighted by molar-refractivity contribution is 0.102. The van der Waals surface area contributed by atoms with Crippen LogP contribution in [0.3, 0.4) is 0 Å². The summed E-state index contributed by atoms with van der Waals surface area (Å²) in [7, 11) is -0.338. The average molecular weight is 448 g/mol. The molecule has 0 aliphatic rings. The molecule has 0 spiro atoms. The van der Waals surface area contributed by atoms with Gasteiger partial charge in [0.15, 0.2) is 0 Å². The number of hydrogen-bond acceptors (Lipinski definition) is 4. The van der Waals surface area contributed by atoms with Crippen molar-refractivity contribution in [1.29, 1.82) is 0 Å². The van der Waals surface area contributed by atoms with Gasteiger partial charge in [0.2, 0.25) is 0 Å². The fraction of sp³-hybridized carbons (Fsp3) is 0.0952. The number of rotatable bonds is 6. The van der Waals surface area contributed by atoms with E-state index >= 15 is 0 Å². The average Bonchev–Trinajstić information content (AvgIpc) is 2.69. The summed E-state index contributed by atoms with van der Waals surface area (Å²) in [6.07, 6.45) is 0. The molecule has 0 saturated carbocycles. The molecule has 30 heavy (non-hydrogen) atoms. The minimum Gasteiger partial charge on any atom is -0.376 e. The van der Waals surface area contributed by atoms with Crippen LogP contribution in [0.2, 0.25) is 5.02 Å². The van der Waals surface area contributed by atoms with Gasteiger partial charge in [-0.3, -0.25) is 9.52 Å². The Balaban J connectivity index is 1.80. The van der Waals surface area contributed by atoms with Crippen molar-refractivity contribution in [2.45, 2.75) is 4.90 Å². The number of halogens is 2. The van der Waals surface area contributed by atoms with Gasteiger partial charge in [0, 0.05) is 24.7 Å². The summed E-state index contributed by atoms with van der Waals surface area (Å²) in [4.78, 5) is 14.3. The third kappa shape index (κ3) is 4.90. The third-order valence-electron chi connectivity index (χ3n) is 4.23. The first-order valence-electron chi connectivity index (χ1n) is 8.83. The van der Waals surface area contributed by atoms with Crippen LogP contribution in [0.5, 0.6) is 0 Å². The summed E-state index contributed by atoms with van der Waals surface area (Å²) in [5.41, 5.74) is 1.39. The number of carbonyl (C=O) groups excluding carboxylic acids is 1. The van der Waals surface area contributed by atoms with Gasteiger partial charge in [0.05, 0.1) is 22.0 Å². The van der Waals surface area contributed by atoms with E-state index in [1.807, 2.05) is 19.0 Å². The second-order valence-electron chi connectivity index (χ2n) is 6.62. The predicted octanol–water partition coefficient (Wildman–Crippen LogP) is 4.60. The largest absolute Gasteiger partial charge is 0.376 e. The lowest BCUT2D eigenvalue weighted by Crippen LogP contribution is -2.17. The van der Waals surface area contributed by atoms with E-state index in [-0.39, 0.29) is 16.1 Å². The molecule has 0 radical (unpaired) electrons. The smallest absolute Gasteiger partial charge is 0.261 e.